The number of hydrogen-bond acceptors (Lipinski definition) is 3. The van der Waals surface area contributed by atoms with E-state index in [1.54, 1.807) is 11.0 Å². The standard InChI is InChI=1S/C12H21N3O2/c1-3-5-6-11(16)15-8-7-13-9-10(15)12(17)14-4-2/h3,10,13H,1,4-9H2,2H3,(H,14,17). The maximum absolute atomic E-state index is 11.9. The summed E-state index contributed by atoms with van der Waals surface area (Å²) >= 11 is 0. The Morgan fingerprint density at radius 3 is 3.00 bits per heavy atom. The van der Waals surface area contributed by atoms with Crippen LogP contribution >= 0.6 is 0 Å². The Morgan fingerprint density at radius 2 is 2.35 bits per heavy atom. The van der Waals surface area contributed by atoms with Crippen molar-refractivity contribution in [2.24, 2.45) is 0 Å². The summed E-state index contributed by atoms with van der Waals surface area (Å²) in [4.78, 5) is 25.4. The number of carbonyl (C=O) groups is 2. The molecule has 1 saturated heterocycles. The molecule has 0 spiro atoms. The fourth-order valence-corrected chi connectivity index (χ4v) is 1.90. The Bertz CT molecular complexity index is 291. The second-order valence-electron chi connectivity index (χ2n) is 4.03. The van der Waals surface area contributed by atoms with Crippen LogP contribution < -0.4 is 10.6 Å². The van der Waals surface area contributed by atoms with Gasteiger partial charge in [-0.15, -0.1) is 6.58 Å². The third-order valence-electron chi connectivity index (χ3n) is 2.78. The number of nitrogens with one attached hydrogen (secondary N) is 2. The molecule has 1 atom stereocenters. The highest BCUT2D eigenvalue weighted by Gasteiger charge is 2.30. The van der Waals surface area contributed by atoms with Gasteiger partial charge in [0.25, 0.3) is 0 Å². The van der Waals surface area contributed by atoms with Gasteiger partial charge in [-0.05, 0) is 13.3 Å². The van der Waals surface area contributed by atoms with E-state index >= 15 is 0 Å². The molecule has 0 aromatic heterocycles. The Kier molecular flexibility index (Phi) is 5.69. The molecule has 1 aliphatic heterocycles. The molecule has 5 nitrogen and oxygen atoms in total. The third-order valence-corrected chi connectivity index (χ3v) is 2.78. The average Bonchev–Trinajstić information content (AvgIpc) is 2.36. The van der Waals surface area contributed by atoms with Gasteiger partial charge in [-0.25, -0.2) is 0 Å². The monoisotopic (exact) mass is 239 g/mol. The number of piperazine rings is 1. The van der Waals surface area contributed by atoms with E-state index in [0.29, 0.717) is 32.5 Å². The van der Waals surface area contributed by atoms with Gasteiger partial charge in [0.15, 0.2) is 0 Å². The highest BCUT2D eigenvalue weighted by atomic mass is 16.2. The van der Waals surface area contributed by atoms with Gasteiger partial charge in [0.1, 0.15) is 6.04 Å². The lowest BCUT2D eigenvalue weighted by atomic mass is 10.1. The molecule has 1 unspecified atom stereocenters. The SMILES string of the molecule is C=CCCC(=O)N1CCNCC1C(=O)NCC. The first-order valence-corrected chi connectivity index (χ1v) is 6.09. The minimum absolute atomic E-state index is 0.0302. The molecule has 1 rings (SSSR count). The molecule has 1 aliphatic rings. The van der Waals surface area contributed by atoms with Crippen LogP contribution in [0.25, 0.3) is 0 Å². The van der Waals surface area contributed by atoms with Crippen LogP contribution in [0.1, 0.15) is 19.8 Å². The van der Waals surface area contributed by atoms with Crippen molar-refractivity contribution < 1.29 is 9.59 Å². The van der Waals surface area contributed by atoms with Crippen LogP contribution in [0, 0.1) is 0 Å². The van der Waals surface area contributed by atoms with E-state index < -0.39 is 0 Å². The molecule has 2 N–H and O–H groups in total. The molecule has 0 aliphatic carbocycles. The first-order chi connectivity index (χ1) is 8.20. The third kappa shape index (κ3) is 3.85. The summed E-state index contributed by atoms with van der Waals surface area (Å²) in [7, 11) is 0. The minimum atomic E-state index is -0.374. The molecule has 0 saturated carbocycles. The van der Waals surface area contributed by atoms with Crippen molar-refractivity contribution in [3.05, 3.63) is 12.7 Å². The number of allylic oxidation sites excluding steroid dienone is 1. The van der Waals surface area contributed by atoms with Crippen LogP contribution in [0.4, 0.5) is 0 Å². The molecule has 0 radical (unpaired) electrons. The van der Waals surface area contributed by atoms with Crippen molar-refractivity contribution in [1.29, 1.82) is 0 Å². The predicted molar refractivity (Wildman–Crippen MR) is 66.5 cm³/mol. The number of carbonyl (C=O) groups excluding carboxylic acids is 2. The van der Waals surface area contributed by atoms with Gasteiger partial charge in [-0.3, -0.25) is 9.59 Å². The van der Waals surface area contributed by atoms with Crippen LogP contribution in [0.15, 0.2) is 12.7 Å². The molecule has 0 aromatic carbocycles. The van der Waals surface area contributed by atoms with Crippen LogP contribution in [0.2, 0.25) is 0 Å². The molecule has 0 aromatic rings. The largest absolute Gasteiger partial charge is 0.355 e. The summed E-state index contributed by atoms with van der Waals surface area (Å²) in [5.74, 6) is -0.0469. The molecule has 1 fully saturated rings. The lowest BCUT2D eigenvalue weighted by molar-refractivity contribution is -0.141. The minimum Gasteiger partial charge on any atom is -0.355 e. The predicted octanol–water partition coefficient (Wildman–Crippen LogP) is -0.111. The quantitative estimate of drug-likeness (QED) is 0.658. The van der Waals surface area contributed by atoms with E-state index in [-0.39, 0.29) is 17.9 Å². The highest BCUT2D eigenvalue weighted by Crippen LogP contribution is 2.07. The van der Waals surface area contributed by atoms with Gasteiger partial charge in [0, 0.05) is 32.6 Å². The van der Waals surface area contributed by atoms with E-state index in [9.17, 15) is 9.59 Å². The van der Waals surface area contributed by atoms with Gasteiger partial charge < -0.3 is 15.5 Å². The number of hydrogen-bond donors (Lipinski definition) is 2. The van der Waals surface area contributed by atoms with E-state index in [2.05, 4.69) is 17.2 Å². The fourth-order valence-electron chi connectivity index (χ4n) is 1.90. The van der Waals surface area contributed by atoms with E-state index in [1.807, 2.05) is 6.92 Å². The lowest BCUT2D eigenvalue weighted by Gasteiger charge is -2.35. The first-order valence-electron chi connectivity index (χ1n) is 6.09. The van der Waals surface area contributed by atoms with Crippen LogP contribution in [0.3, 0.4) is 0 Å². The summed E-state index contributed by atoms with van der Waals surface area (Å²) in [5, 5.41) is 5.90. The van der Waals surface area contributed by atoms with E-state index in [0.717, 1.165) is 6.54 Å². The van der Waals surface area contributed by atoms with Crippen molar-refractivity contribution >= 4 is 11.8 Å². The summed E-state index contributed by atoms with van der Waals surface area (Å²) in [6.45, 7) is 7.93. The van der Waals surface area contributed by atoms with Gasteiger partial charge in [0.2, 0.25) is 11.8 Å². The van der Waals surface area contributed by atoms with Crippen molar-refractivity contribution in [3.8, 4) is 0 Å². The van der Waals surface area contributed by atoms with Gasteiger partial charge in [0.05, 0.1) is 0 Å². The maximum Gasteiger partial charge on any atom is 0.244 e. The van der Waals surface area contributed by atoms with Crippen molar-refractivity contribution in [2.75, 3.05) is 26.2 Å². The number of likely N-dealkylation sites (N-methyl/N-ethyl adjacent to an activating group) is 1. The molecule has 0 bridgehead atoms. The normalized spacial score (nSPS) is 19.8. The fraction of sp³-hybridized carbons (Fsp3) is 0.667. The highest BCUT2D eigenvalue weighted by molar-refractivity contribution is 5.88. The van der Waals surface area contributed by atoms with Gasteiger partial charge in [-0.2, -0.15) is 0 Å². The molecular weight excluding hydrogens is 218 g/mol. The number of nitrogens with zero attached hydrogens (tertiary/aromatic N) is 1. The summed E-state index contributed by atoms with van der Waals surface area (Å²) in [6, 6.07) is -0.374. The first kappa shape index (κ1) is 13.7. The Morgan fingerprint density at radius 1 is 1.59 bits per heavy atom. The molecule has 17 heavy (non-hydrogen) atoms. The molecule has 5 heteroatoms. The zero-order valence-electron chi connectivity index (χ0n) is 10.4. The summed E-state index contributed by atoms with van der Waals surface area (Å²) in [6.07, 6.45) is 2.81. The second kappa shape index (κ2) is 7.06. The van der Waals surface area contributed by atoms with E-state index in [4.69, 9.17) is 0 Å². The van der Waals surface area contributed by atoms with Crippen molar-refractivity contribution in [3.63, 3.8) is 0 Å². The zero-order valence-corrected chi connectivity index (χ0v) is 10.4. The van der Waals surface area contributed by atoms with Crippen LogP contribution in [-0.4, -0.2) is 48.9 Å². The van der Waals surface area contributed by atoms with Gasteiger partial charge >= 0.3 is 0 Å². The molecular formula is C12H21N3O2. The van der Waals surface area contributed by atoms with Crippen LogP contribution in [-0.2, 0) is 9.59 Å². The average molecular weight is 239 g/mol. The smallest absolute Gasteiger partial charge is 0.244 e. The molecule has 1 heterocycles. The Labute approximate surface area is 102 Å². The summed E-state index contributed by atoms with van der Waals surface area (Å²) in [5.41, 5.74) is 0. The van der Waals surface area contributed by atoms with Crippen LogP contribution in [0.5, 0.6) is 0 Å². The van der Waals surface area contributed by atoms with Gasteiger partial charge in [-0.1, -0.05) is 6.08 Å². The maximum atomic E-state index is 11.9. The lowest BCUT2D eigenvalue weighted by Crippen LogP contribution is -2.59. The molecule has 96 valence electrons. The van der Waals surface area contributed by atoms with Crippen molar-refractivity contribution in [2.45, 2.75) is 25.8 Å². The van der Waals surface area contributed by atoms with E-state index in [1.165, 1.54) is 0 Å². The number of amides is 2. The second-order valence-corrected chi connectivity index (χ2v) is 4.03. The zero-order chi connectivity index (χ0) is 12.7. The summed E-state index contributed by atoms with van der Waals surface area (Å²) < 4.78 is 0. The van der Waals surface area contributed by atoms with Crippen molar-refractivity contribution in [1.82, 2.24) is 15.5 Å². The number of rotatable bonds is 5. The topological polar surface area (TPSA) is 61.4 Å². The molecule has 2 amide bonds. The Hall–Kier alpha value is -1.36. The Balaban J connectivity index is 2.61.